The zero-order chi connectivity index (χ0) is 17.3. The molecular weight excluding hydrogens is 317 g/mol. The summed E-state index contributed by atoms with van der Waals surface area (Å²) in [5, 5.41) is 3.10. The minimum atomic E-state index is -4.38. The number of nitrogens with one attached hydrogen (secondary N) is 1. The maximum atomic E-state index is 12.9. The highest BCUT2D eigenvalue weighted by Gasteiger charge is 2.31. The van der Waals surface area contributed by atoms with Crippen LogP contribution in [0.2, 0.25) is 0 Å². The van der Waals surface area contributed by atoms with Gasteiger partial charge in [0.25, 0.3) is 0 Å². The largest absolute Gasteiger partial charge is 0.487 e. The quantitative estimate of drug-likeness (QED) is 0.896. The van der Waals surface area contributed by atoms with E-state index in [2.05, 4.69) is 10.2 Å². The molecule has 0 radical (unpaired) electrons. The van der Waals surface area contributed by atoms with E-state index in [0.717, 1.165) is 41.9 Å². The molecule has 0 amide bonds. The zero-order valence-corrected chi connectivity index (χ0v) is 13.6. The van der Waals surface area contributed by atoms with Crippen molar-refractivity contribution in [2.75, 3.05) is 26.0 Å². The first-order valence-corrected chi connectivity index (χ1v) is 7.71. The summed E-state index contributed by atoms with van der Waals surface area (Å²) in [5.41, 5.74) is 2.57. The number of rotatable bonds is 3. The fourth-order valence-corrected chi connectivity index (χ4v) is 2.73. The summed E-state index contributed by atoms with van der Waals surface area (Å²) >= 11 is 0. The van der Waals surface area contributed by atoms with E-state index in [1.165, 1.54) is 6.07 Å². The third-order valence-electron chi connectivity index (χ3n) is 4.05. The number of ether oxygens (including phenoxy) is 1. The summed E-state index contributed by atoms with van der Waals surface area (Å²) in [7, 11) is 4.01. The highest BCUT2D eigenvalue weighted by molar-refractivity contribution is 5.71. The smallest absolute Gasteiger partial charge is 0.416 e. The fraction of sp³-hybridized carbons (Fsp3) is 0.333. The molecule has 0 saturated carbocycles. The Balaban J connectivity index is 1.94. The second kappa shape index (κ2) is 6.36. The molecule has 0 aromatic heterocycles. The van der Waals surface area contributed by atoms with Crippen LogP contribution in [0.5, 0.6) is 5.75 Å². The molecule has 2 aromatic rings. The van der Waals surface area contributed by atoms with Gasteiger partial charge in [0, 0.05) is 17.8 Å². The normalized spacial score (nSPS) is 13.6. The van der Waals surface area contributed by atoms with Gasteiger partial charge in [0.15, 0.2) is 0 Å². The first-order valence-electron chi connectivity index (χ1n) is 7.71. The zero-order valence-electron chi connectivity index (χ0n) is 13.6. The van der Waals surface area contributed by atoms with Gasteiger partial charge in [0.2, 0.25) is 0 Å². The topological polar surface area (TPSA) is 24.5 Å². The lowest BCUT2D eigenvalue weighted by atomic mass is 10.0. The molecule has 0 atom stereocenters. The van der Waals surface area contributed by atoms with Gasteiger partial charge >= 0.3 is 6.18 Å². The molecule has 6 heteroatoms. The van der Waals surface area contributed by atoms with Crippen LogP contribution in [-0.4, -0.2) is 25.5 Å². The van der Waals surface area contributed by atoms with E-state index in [0.29, 0.717) is 18.0 Å². The lowest BCUT2D eigenvalue weighted by molar-refractivity contribution is -0.137. The molecule has 3 rings (SSSR count). The Kier molecular flexibility index (Phi) is 4.41. The first kappa shape index (κ1) is 16.6. The molecule has 0 unspecified atom stereocenters. The second-order valence-corrected chi connectivity index (χ2v) is 6.12. The molecular formula is C18H19F3N2O. The summed E-state index contributed by atoms with van der Waals surface area (Å²) < 4.78 is 44.5. The van der Waals surface area contributed by atoms with Crippen molar-refractivity contribution in [1.82, 2.24) is 4.90 Å². The van der Waals surface area contributed by atoms with Crippen LogP contribution in [0, 0.1) is 0 Å². The molecule has 1 aliphatic heterocycles. The molecule has 2 aromatic carbocycles. The summed E-state index contributed by atoms with van der Waals surface area (Å²) in [6.07, 6.45) is -3.52. The average Bonchev–Trinajstić information content (AvgIpc) is 2.70. The van der Waals surface area contributed by atoms with Crippen LogP contribution in [-0.2, 0) is 19.2 Å². The van der Waals surface area contributed by atoms with Crippen LogP contribution < -0.4 is 10.1 Å². The minimum absolute atomic E-state index is 0.338. The van der Waals surface area contributed by atoms with E-state index in [-0.39, 0.29) is 0 Å². The average molecular weight is 336 g/mol. The molecule has 0 saturated heterocycles. The highest BCUT2D eigenvalue weighted by atomic mass is 19.4. The van der Waals surface area contributed by atoms with Gasteiger partial charge in [-0.2, -0.15) is 13.2 Å². The molecule has 1 heterocycles. The molecule has 0 spiro atoms. The van der Waals surface area contributed by atoms with Crippen LogP contribution in [0.1, 0.15) is 16.7 Å². The molecule has 0 bridgehead atoms. The number of hydrogen-bond donors (Lipinski definition) is 1. The van der Waals surface area contributed by atoms with Crippen LogP contribution in [0.15, 0.2) is 36.4 Å². The van der Waals surface area contributed by atoms with Gasteiger partial charge in [0.1, 0.15) is 12.4 Å². The van der Waals surface area contributed by atoms with E-state index in [1.54, 1.807) is 0 Å². The van der Waals surface area contributed by atoms with Crippen LogP contribution in [0.3, 0.4) is 0 Å². The van der Waals surface area contributed by atoms with Crippen LogP contribution in [0.25, 0.3) is 0 Å². The number of likely N-dealkylation sites (N-methyl/N-ethyl adjacent to an activating group) is 1. The Morgan fingerprint density at radius 3 is 2.62 bits per heavy atom. The van der Waals surface area contributed by atoms with Crippen molar-refractivity contribution in [2.24, 2.45) is 0 Å². The molecule has 128 valence electrons. The summed E-state index contributed by atoms with van der Waals surface area (Å²) in [6.45, 7) is 1.23. The van der Waals surface area contributed by atoms with E-state index in [1.807, 2.05) is 32.3 Å². The van der Waals surface area contributed by atoms with Gasteiger partial charge < -0.3 is 15.0 Å². The molecule has 1 aliphatic rings. The maximum absolute atomic E-state index is 12.9. The van der Waals surface area contributed by atoms with Gasteiger partial charge in [-0.1, -0.05) is 12.1 Å². The lowest BCUT2D eigenvalue weighted by Gasteiger charge is -2.15. The van der Waals surface area contributed by atoms with E-state index in [9.17, 15) is 13.2 Å². The second-order valence-electron chi connectivity index (χ2n) is 6.12. The predicted molar refractivity (Wildman–Crippen MR) is 87.8 cm³/mol. The van der Waals surface area contributed by atoms with E-state index < -0.39 is 11.7 Å². The maximum Gasteiger partial charge on any atom is 0.416 e. The molecule has 3 nitrogen and oxygen atoms in total. The Morgan fingerprint density at radius 1 is 1.12 bits per heavy atom. The van der Waals surface area contributed by atoms with E-state index in [4.69, 9.17) is 4.74 Å². The highest BCUT2D eigenvalue weighted by Crippen LogP contribution is 2.39. The number of hydrogen-bond acceptors (Lipinski definition) is 3. The van der Waals surface area contributed by atoms with Gasteiger partial charge in [-0.3, -0.25) is 0 Å². The van der Waals surface area contributed by atoms with Gasteiger partial charge in [-0.05, 0) is 50.3 Å². The molecule has 24 heavy (non-hydrogen) atoms. The third-order valence-corrected chi connectivity index (χ3v) is 4.05. The minimum Gasteiger partial charge on any atom is -0.487 e. The van der Waals surface area contributed by atoms with Gasteiger partial charge in [0.05, 0.1) is 11.3 Å². The Bertz CT molecular complexity index is 742. The van der Waals surface area contributed by atoms with Crippen molar-refractivity contribution in [3.63, 3.8) is 0 Å². The Labute approximate surface area is 139 Å². The SMILES string of the molecule is CN(C)CCc1cccc2c1COc1ccc(C(F)(F)F)cc1N2. The van der Waals surface area contributed by atoms with Gasteiger partial charge in [-0.15, -0.1) is 0 Å². The van der Waals surface area contributed by atoms with Crippen molar-refractivity contribution < 1.29 is 17.9 Å². The lowest BCUT2D eigenvalue weighted by Crippen LogP contribution is -2.16. The Morgan fingerprint density at radius 2 is 1.92 bits per heavy atom. The molecule has 0 fully saturated rings. The number of anilines is 2. The number of alkyl halides is 3. The number of fused-ring (bicyclic) bond motifs is 2. The van der Waals surface area contributed by atoms with Crippen molar-refractivity contribution in [3.05, 3.63) is 53.1 Å². The monoisotopic (exact) mass is 336 g/mol. The molecule has 1 N–H and O–H groups in total. The third kappa shape index (κ3) is 3.48. The van der Waals surface area contributed by atoms with Crippen molar-refractivity contribution >= 4 is 11.4 Å². The van der Waals surface area contributed by atoms with E-state index >= 15 is 0 Å². The number of halogens is 3. The summed E-state index contributed by atoms with van der Waals surface area (Å²) in [5.74, 6) is 0.428. The van der Waals surface area contributed by atoms with Crippen molar-refractivity contribution in [2.45, 2.75) is 19.2 Å². The summed E-state index contributed by atoms with van der Waals surface area (Å²) in [6, 6.07) is 9.32. The van der Waals surface area contributed by atoms with Gasteiger partial charge in [-0.25, -0.2) is 0 Å². The fourth-order valence-electron chi connectivity index (χ4n) is 2.73. The number of benzene rings is 2. The predicted octanol–water partition coefficient (Wildman–Crippen LogP) is 4.45. The van der Waals surface area contributed by atoms with Crippen LogP contribution in [0.4, 0.5) is 24.5 Å². The van der Waals surface area contributed by atoms with Crippen LogP contribution >= 0.6 is 0 Å². The first-order chi connectivity index (χ1) is 11.3. The van der Waals surface area contributed by atoms with Crippen molar-refractivity contribution in [1.29, 1.82) is 0 Å². The van der Waals surface area contributed by atoms with Crippen molar-refractivity contribution in [3.8, 4) is 5.75 Å². The number of nitrogens with zero attached hydrogens (tertiary/aromatic N) is 1. The Hall–Kier alpha value is -2.21. The summed E-state index contributed by atoms with van der Waals surface area (Å²) in [4.78, 5) is 2.09. The molecule has 0 aliphatic carbocycles. The standard InChI is InChI=1S/C18H19F3N2O/c1-23(2)9-8-12-4-3-5-15-14(12)11-24-17-7-6-13(18(19,20)21)10-16(17)22-15/h3-7,10,22H,8-9,11H2,1-2H3.